The lowest BCUT2D eigenvalue weighted by molar-refractivity contribution is -0.379. The summed E-state index contributed by atoms with van der Waals surface area (Å²) in [5, 5.41) is 103. The average Bonchev–Trinajstić information content (AvgIpc) is 2.96. The summed E-state index contributed by atoms with van der Waals surface area (Å²) in [5.74, 6) is -2.98. The Morgan fingerprint density at radius 3 is 2.14 bits per heavy atom. The Labute approximate surface area is 238 Å². The first-order valence-electron chi connectivity index (χ1n) is 13.2. The summed E-state index contributed by atoms with van der Waals surface area (Å²) in [5.41, 5.74) is 0.298. The standard InChI is InChI=1S/C27H34O15/c1-10-18(31)20(33)22(35)25(38-10)39-13-6-15(30)14-8-27(37,42-26-23(36)21(34)19(32)17(9-28)41-26)24(40-16(14)7-13)11-2-4-12(29)5-3-11/h2-7,10,17-26,28-37H,8-9H2,1H3. The van der Waals surface area contributed by atoms with Gasteiger partial charge in [-0.05, 0) is 24.6 Å². The van der Waals surface area contributed by atoms with Crippen molar-refractivity contribution in [2.24, 2.45) is 0 Å². The molecule has 2 aromatic carbocycles. The number of ether oxygens (including phenoxy) is 5. The molecule has 2 aromatic rings. The highest BCUT2D eigenvalue weighted by Gasteiger charge is 2.53. The van der Waals surface area contributed by atoms with Crippen LogP contribution in [0.2, 0.25) is 0 Å². The molecule has 15 nitrogen and oxygen atoms in total. The normalized spacial score (nSPS) is 40.2. The Morgan fingerprint density at radius 2 is 1.48 bits per heavy atom. The van der Waals surface area contributed by atoms with E-state index >= 15 is 0 Å². The van der Waals surface area contributed by atoms with E-state index in [1.165, 1.54) is 37.3 Å². The number of aromatic hydroxyl groups is 2. The van der Waals surface area contributed by atoms with Crippen molar-refractivity contribution in [1.29, 1.82) is 0 Å². The van der Waals surface area contributed by atoms with Crippen molar-refractivity contribution in [3.63, 3.8) is 0 Å². The predicted octanol–water partition coefficient (Wildman–Crippen LogP) is -2.51. The third-order valence-electron chi connectivity index (χ3n) is 7.67. The molecule has 0 aromatic heterocycles. The van der Waals surface area contributed by atoms with Crippen LogP contribution < -0.4 is 9.47 Å². The number of benzene rings is 2. The van der Waals surface area contributed by atoms with Crippen molar-refractivity contribution in [1.82, 2.24) is 0 Å². The molecule has 0 aliphatic carbocycles. The van der Waals surface area contributed by atoms with Gasteiger partial charge in [0.25, 0.3) is 0 Å². The van der Waals surface area contributed by atoms with Gasteiger partial charge in [0.1, 0.15) is 65.7 Å². The number of fused-ring (bicyclic) bond motifs is 1. The molecule has 0 spiro atoms. The molecule has 0 radical (unpaired) electrons. The first-order chi connectivity index (χ1) is 19.8. The van der Waals surface area contributed by atoms with E-state index in [9.17, 15) is 51.1 Å². The van der Waals surface area contributed by atoms with Gasteiger partial charge in [-0.25, -0.2) is 0 Å². The lowest BCUT2D eigenvalue weighted by Crippen LogP contribution is -2.62. The van der Waals surface area contributed by atoms with Gasteiger partial charge < -0.3 is 74.7 Å². The molecule has 12 atom stereocenters. The fraction of sp³-hybridized carbons (Fsp3) is 0.556. The van der Waals surface area contributed by atoms with Crippen LogP contribution in [0.1, 0.15) is 24.2 Å². The lowest BCUT2D eigenvalue weighted by atomic mass is 9.90. The van der Waals surface area contributed by atoms with E-state index in [-0.39, 0.29) is 28.4 Å². The van der Waals surface area contributed by atoms with Gasteiger partial charge in [-0.15, -0.1) is 0 Å². The summed E-state index contributed by atoms with van der Waals surface area (Å²) in [6.07, 6.45) is -17.1. The number of aliphatic hydroxyl groups excluding tert-OH is 7. The maximum Gasteiger partial charge on any atom is 0.229 e. The van der Waals surface area contributed by atoms with Crippen LogP contribution in [0.15, 0.2) is 36.4 Å². The predicted molar refractivity (Wildman–Crippen MR) is 136 cm³/mol. The first-order valence-corrected chi connectivity index (χ1v) is 13.2. The average molecular weight is 599 g/mol. The fourth-order valence-electron chi connectivity index (χ4n) is 5.21. The highest BCUT2D eigenvalue weighted by atomic mass is 16.8. The summed E-state index contributed by atoms with van der Waals surface area (Å²) >= 11 is 0. The van der Waals surface area contributed by atoms with Crippen LogP contribution in [0, 0.1) is 0 Å². The van der Waals surface area contributed by atoms with Crippen molar-refractivity contribution in [3.05, 3.63) is 47.5 Å². The quantitative estimate of drug-likeness (QED) is 0.154. The number of phenolic OH excluding ortho intramolecular Hbond substituents is 2. The molecule has 3 heterocycles. The van der Waals surface area contributed by atoms with Crippen LogP contribution in [0.3, 0.4) is 0 Å². The summed E-state index contributed by atoms with van der Waals surface area (Å²) in [6, 6.07) is 7.95. The Bertz CT molecular complexity index is 1240. The van der Waals surface area contributed by atoms with Gasteiger partial charge in [0.2, 0.25) is 12.1 Å². The van der Waals surface area contributed by atoms with E-state index in [2.05, 4.69) is 0 Å². The monoisotopic (exact) mass is 598 g/mol. The zero-order valence-electron chi connectivity index (χ0n) is 22.2. The van der Waals surface area contributed by atoms with Gasteiger partial charge in [-0.3, -0.25) is 0 Å². The minimum atomic E-state index is -2.39. The first kappa shape index (κ1) is 30.7. The van der Waals surface area contributed by atoms with Crippen LogP contribution >= 0.6 is 0 Å². The molecule has 0 saturated carbocycles. The maximum atomic E-state index is 11.8. The highest BCUT2D eigenvalue weighted by Crippen LogP contribution is 2.48. The number of hydrogen-bond acceptors (Lipinski definition) is 15. The molecule has 232 valence electrons. The van der Waals surface area contributed by atoms with E-state index in [1.54, 1.807) is 0 Å². The Hall–Kier alpha value is -2.80. The summed E-state index contributed by atoms with van der Waals surface area (Å²) in [7, 11) is 0. The third-order valence-corrected chi connectivity index (χ3v) is 7.67. The zero-order chi connectivity index (χ0) is 30.5. The molecule has 10 N–H and O–H groups in total. The van der Waals surface area contributed by atoms with Gasteiger partial charge in [0.15, 0.2) is 12.4 Å². The third kappa shape index (κ3) is 5.61. The molecule has 0 amide bonds. The van der Waals surface area contributed by atoms with Crippen molar-refractivity contribution in [3.8, 4) is 23.0 Å². The lowest BCUT2D eigenvalue weighted by Gasteiger charge is -2.46. The van der Waals surface area contributed by atoms with Gasteiger partial charge in [-0.1, -0.05) is 12.1 Å². The Kier molecular flexibility index (Phi) is 8.54. The molecule has 15 heteroatoms. The van der Waals surface area contributed by atoms with Crippen molar-refractivity contribution in [2.45, 2.75) is 86.6 Å². The molecular formula is C27H34O15. The van der Waals surface area contributed by atoms with Crippen LogP contribution in [0.4, 0.5) is 0 Å². The van der Waals surface area contributed by atoms with Crippen LogP contribution in [0.5, 0.6) is 23.0 Å². The topological polar surface area (TPSA) is 248 Å². The number of hydrogen-bond donors (Lipinski definition) is 10. The number of phenols is 2. The van der Waals surface area contributed by atoms with E-state index in [0.29, 0.717) is 0 Å². The zero-order valence-corrected chi connectivity index (χ0v) is 22.2. The highest BCUT2D eigenvalue weighted by molar-refractivity contribution is 5.52. The summed E-state index contributed by atoms with van der Waals surface area (Å²) < 4.78 is 28.3. The second-order valence-corrected chi connectivity index (χ2v) is 10.6. The van der Waals surface area contributed by atoms with Gasteiger partial charge in [-0.2, -0.15) is 0 Å². The van der Waals surface area contributed by atoms with Crippen molar-refractivity contribution < 1.29 is 74.7 Å². The van der Waals surface area contributed by atoms with Crippen LogP contribution in [-0.2, 0) is 20.6 Å². The van der Waals surface area contributed by atoms with Crippen molar-refractivity contribution in [2.75, 3.05) is 6.61 Å². The maximum absolute atomic E-state index is 11.8. The van der Waals surface area contributed by atoms with Gasteiger partial charge >= 0.3 is 0 Å². The van der Waals surface area contributed by atoms with E-state index in [4.69, 9.17) is 23.7 Å². The minimum absolute atomic E-state index is 0.00378. The fourth-order valence-corrected chi connectivity index (χ4v) is 5.21. The molecule has 3 aliphatic heterocycles. The molecule has 0 bridgehead atoms. The van der Waals surface area contributed by atoms with Crippen molar-refractivity contribution >= 4 is 0 Å². The van der Waals surface area contributed by atoms with Crippen LogP contribution in [0.25, 0.3) is 0 Å². The summed E-state index contributed by atoms with van der Waals surface area (Å²) in [6.45, 7) is 0.740. The largest absolute Gasteiger partial charge is 0.508 e. The van der Waals surface area contributed by atoms with Crippen LogP contribution in [-0.4, -0.2) is 125 Å². The molecule has 5 rings (SSSR count). The molecule has 42 heavy (non-hydrogen) atoms. The van der Waals surface area contributed by atoms with E-state index < -0.39 is 92.1 Å². The summed E-state index contributed by atoms with van der Waals surface area (Å²) in [4.78, 5) is 0. The molecule has 2 fully saturated rings. The smallest absolute Gasteiger partial charge is 0.229 e. The molecular weight excluding hydrogens is 564 g/mol. The minimum Gasteiger partial charge on any atom is -0.508 e. The van der Waals surface area contributed by atoms with E-state index in [1.807, 2.05) is 0 Å². The van der Waals surface area contributed by atoms with Gasteiger partial charge in [0.05, 0.1) is 12.7 Å². The van der Waals surface area contributed by atoms with E-state index in [0.717, 1.165) is 6.07 Å². The van der Waals surface area contributed by atoms with Gasteiger partial charge in [0, 0.05) is 24.1 Å². The number of aliphatic hydroxyl groups is 8. The molecule has 12 unspecified atom stereocenters. The second kappa shape index (κ2) is 11.7. The Balaban J connectivity index is 1.47. The molecule has 2 saturated heterocycles. The Morgan fingerprint density at radius 1 is 0.833 bits per heavy atom. The SMILES string of the molecule is CC1OC(Oc2cc(O)c3c(c2)OC(c2ccc(O)cc2)C(O)(OC2OC(CO)C(O)C(O)C2O)C3)C(O)C(O)C1O. The molecule has 3 aliphatic rings. The number of rotatable bonds is 6. The second-order valence-electron chi connectivity index (χ2n) is 10.6.